The molecule has 22 heavy (non-hydrogen) atoms. The number of hydrogen-bond donors (Lipinski definition) is 0. The van der Waals surface area contributed by atoms with Crippen LogP contribution < -0.4 is 10.5 Å². The van der Waals surface area contributed by atoms with E-state index in [1.807, 2.05) is 13.8 Å². The largest absolute Gasteiger partial charge is 0.355 e. The molecule has 0 bridgehead atoms. The standard InChI is InChI=1S/C16H21N5O/c1-12-13(2)19-11-21(16(12)22)10-14-3-7-20(8-4-14)15-9-17-5-6-18-15/h5-6,9,11,14H,3-4,7-8,10H2,1-2H3. The van der Waals surface area contributed by atoms with Crippen molar-refractivity contribution in [2.24, 2.45) is 5.92 Å². The highest BCUT2D eigenvalue weighted by molar-refractivity contribution is 5.35. The summed E-state index contributed by atoms with van der Waals surface area (Å²) in [5.74, 6) is 1.44. The molecule has 2 aromatic rings. The van der Waals surface area contributed by atoms with Gasteiger partial charge in [0.25, 0.3) is 5.56 Å². The molecule has 0 amide bonds. The average molecular weight is 299 g/mol. The van der Waals surface area contributed by atoms with E-state index in [9.17, 15) is 4.79 Å². The Morgan fingerprint density at radius 3 is 2.64 bits per heavy atom. The molecule has 1 fully saturated rings. The van der Waals surface area contributed by atoms with Crippen molar-refractivity contribution in [3.05, 3.63) is 46.5 Å². The molecule has 0 radical (unpaired) electrons. The van der Waals surface area contributed by atoms with Crippen LogP contribution in [0.15, 0.2) is 29.7 Å². The average Bonchev–Trinajstić information content (AvgIpc) is 2.57. The summed E-state index contributed by atoms with van der Waals surface area (Å²) >= 11 is 0. The highest BCUT2D eigenvalue weighted by Crippen LogP contribution is 2.22. The molecule has 116 valence electrons. The van der Waals surface area contributed by atoms with Crippen molar-refractivity contribution in [3.63, 3.8) is 0 Å². The fourth-order valence-corrected chi connectivity index (χ4v) is 2.88. The summed E-state index contributed by atoms with van der Waals surface area (Å²) in [4.78, 5) is 27.3. The lowest BCUT2D eigenvalue weighted by atomic mass is 9.96. The van der Waals surface area contributed by atoms with Crippen molar-refractivity contribution >= 4 is 5.82 Å². The van der Waals surface area contributed by atoms with E-state index >= 15 is 0 Å². The van der Waals surface area contributed by atoms with Crippen molar-refractivity contribution in [2.45, 2.75) is 33.2 Å². The number of aryl methyl sites for hydroxylation is 1. The Hall–Kier alpha value is -2.24. The number of piperidine rings is 1. The second kappa shape index (κ2) is 6.25. The van der Waals surface area contributed by atoms with Crippen molar-refractivity contribution in [2.75, 3.05) is 18.0 Å². The number of rotatable bonds is 3. The van der Waals surface area contributed by atoms with E-state index in [0.717, 1.165) is 49.6 Å². The molecule has 3 rings (SSSR count). The first-order chi connectivity index (χ1) is 10.6. The maximum Gasteiger partial charge on any atom is 0.256 e. The minimum Gasteiger partial charge on any atom is -0.355 e. The Morgan fingerprint density at radius 1 is 1.18 bits per heavy atom. The lowest BCUT2D eigenvalue weighted by Crippen LogP contribution is -2.37. The van der Waals surface area contributed by atoms with Gasteiger partial charge in [0, 0.05) is 43.3 Å². The van der Waals surface area contributed by atoms with E-state index in [1.54, 1.807) is 29.5 Å². The number of aromatic nitrogens is 4. The van der Waals surface area contributed by atoms with E-state index in [4.69, 9.17) is 0 Å². The number of anilines is 1. The predicted molar refractivity (Wildman–Crippen MR) is 84.9 cm³/mol. The molecule has 1 saturated heterocycles. The van der Waals surface area contributed by atoms with Crippen molar-refractivity contribution in [1.82, 2.24) is 19.5 Å². The molecule has 0 atom stereocenters. The molecule has 1 aliphatic heterocycles. The Labute approximate surface area is 129 Å². The molecule has 0 N–H and O–H groups in total. The molecule has 6 heteroatoms. The topological polar surface area (TPSA) is 63.9 Å². The van der Waals surface area contributed by atoms with Gasteiger partial charge in [0.1, 0.15) is 5.82 Å². The molecule has 0 aromatic carbocycles. The van der Waals surface area contributed by atoms with Crippen LogP contribution in [0.2, 0.25) is 0 Å². The highest BCUT2D eigenvalue weighted by Gasteiger charge is 2.21. The summed E-state index contributed by atoms with van der Waals surface area (Å²) in [6.45, 7) is 6.38. The smallest absolute Gasteiger partial charge is 0.256 e. The molecule has 3 heterocycles. The number of nitrogens with zero attached hydrogens (tertiary/aromatic N) is 5. The fourth-order valence-electron chi connectivity index (χ4n) is 2.88. The van der Waals surface area contributed by atoms with Gasteiger partial charge in [-0.1, -0.05) is 0 Å². The van der Waals surface area contributed by atoms with Crippen LogP contribution in [0.4, 0.5) is 5.82 Å². The van der Waals surface area contributed by atoms with Crippen LogP contribution in [0.5, 0.6) is 0 Å². The first-order valence-electron chi connectivity index (χ1n) is 7.68. The lowest BCUT2D eigenvalue weighted by Gasteiger charge is -2.32. The molecular weight excluding hydrogens is 278 g/mol. The summed E-state index contributed by atoms with van der Waals surface area (Å²) in [6, 6.07) is 0. The van der Waals surface area contributed by atoms with Crippen LogP contribution in [0.3, 0.4) is 0 Å². The van der Waals surface area contributed by atoms with Gasteiger partial charge in [0.2, 0.25) is 0 Å². The van der Waals surface area contributed by atoms with Crippen molar-refractivity contribution < 1.29 is 0 Å². The summed E-state index contributed by atoms with van der Waals surface area (Å²) in [6.07, 6.45) is 9.00. The van der Waals surface area contributed by atoms with Crippen LogP contribution in [-0.4, -0.2) is 32.6 Å². The van der Waals surface area contributed by atoms with E-state index in [-0.39, 0.29) is 5.56 Å². The second-order valence-electron chi connectivity index (χ2n) is 5.91. The van der Waals surface area contributed by atoms with E-state index < -0.39 is 0 Å². The quantitative estimate of drug-likeness (QED) is 0.860. The van der Waals surface area contributed by atoms with Gasteiger partial charge < -0.3 is 4.90 Å². The summed E-state index contributed by atoms with van der Waals surface area (Å²) in [5.41, 5.74) is 1.65. The van der Waals surface area contributed by atoms with Crippen LogP contribution in [-0.2, 0) is 6.54 Å². The Kier molecular flexibility index (Phi) is 4.18. The monoisotopic (exact) mass is 299 g/mol. The van der Waals surface area contributed by atoms with Gasteiger partial charge in [0.05, 0.1) is 12.5 Å². The first kappa shape index (κ1) is 14.7. The third-order valence-corrected chi connectivity index (χ3v) is 4.46. The van der Waals surface area contributed by atoms with E-state index in [0.29, 0.717) is 5.92 Å². The zero-order chi connectivity index (χ0) is 15.5. The normalized spacial score (nSPS) is 16.0. The zero-order valence-corrected chi connectivity index (χ0v) is 13.1. The highest BCUT2D eigenvalue weighted by atomic mass is 16.1. The van der Waals surface area contributed by atoms with Crippen molar-refractivity contribution in [3.8, 4) is 0 Å². The van der Waals surface area contributed by atoms with Crippen molar-refractivity contribution in [1.29, 1.82) is 0 Å². The third kappa shape index (κ3) is 3.00. The van der Waals surface area contributed by atoms with Crippen LogP contribution >= 0.6 is 0 Å². The van der Waals surface area contributed by atoms with Gasteiger partial charge in [-0.05, 0) is 32.6 Å². The minimum atomic E-state index is 0.0869. The zero-order valence-electron chi connectivity index (χ0n) is 13.1. The van der Waals surface area contributed by atoms with Gasteiger partial charge in [-0.15, -0.1) is 0 Å². The van der Waals surface area contributed by atoms with Crippen LogP contribution in [0, 0.1) is 19.8 Å². The first-order valence-corrected chi connectivity index (χ1v) is 7.68. The van der Waals surface area contributed by atoms with Gasteiger partial charge in [0.15, 0.2) is 0 Å². The van der Waals surface area contributed by atoms with Gasteiger partial charge in [-0.25, -0.2) is 9.97 Å². The van der Waals surface area contributed by atoms with Crippen LogP contribution in [0.1, 0.15) is 24.1 Å². The maximum absolute atomic E-state index is 12.2. The minimum absolute atomic E-state index is 0.0869. The summed E-state index contributed by atoms with van der Waals surface area (Å²) < 4.78 is 1.75. The predicted octanol–water partition coefficient (Wildman–Crippen LogP) is 1.57. The Morgan fingerprint density at radius 2 is 1.95 bits per heavy atom. The maximum atomic E-state index is 12.2. The van der Waals surface area contributed by atoms with Gasteiger partial charge in [-0.3, -0.25) is 14.3 Å². The Balaban J connectivity index is 1.63. The third-order valence-electron chi connectivity index (χ3n) is 4.46. The van der Waals surface area contributed by atoms with E-state index in [1.165, 1.54) is 0 Å². The van der Waals surface area contributed by atoms with Gasteiger partial charge in [-0.2, -0.15) is 0 Å². The molecule has 0 saturated carbocycles. The molecule has 0 aliphatic carbocycles. The molecule has 0 spiro atoms. The lowest BCUT2D eigenvalue weighted by molar-refractivity contribution is 0.349. The number of hydrogen-bond acceptors (Lipinski definition) is 5. The SMILES string of the molecule is Cc1ncn(CC2CCN(c3cnccn3)CC2)c(=O)c1C. The van der Waals surface area contributed by atoms with E-state index in [2.05, 4.69) is 19.9 Å². The van der Waals surface area contributed by atoms with Crippen LogP contribution in [0.25, 0.3) is 0 Å². The molecule has 1 aliphatic rings. The second-order valence-corrected chi connectivity index (χ2v) is 5.91. The fraction of sp³-hybridized carbons (Fsp3) is 0.500. The Bertz CT molecular complexity index is 689. The molecule has 6 nitrogen and oxygen atoms in total. The molecule has 0 unspecified atom stereocenters. The molecular formula is C16H21N5O. The summed E-state index contributed by atoms with van der Waals surface area (Å²) in [5, 5.41) is 0. The molecule has 2 aromatic heterocycles. The van der Waals surface area contributed by atoms with Gasteiger partial charge >= 0.3 is 0 Å². The summed E-state index contributed by atoms with van der Waals surface area (Å²) in [7, 11) is 0.